The van der Waals surface area contributed by atoms with E-state index < -0.39 is 8.32 Å². The molecule has 38 heavy (non-hydrogen) atoms. The predicted octanol–water partition coefficient (Wildman–Crippen LogP) is 3.68. The molecule has 0 saturated carbocycles. The van der Waals surface area contributed by atoms with E-state index >= 15 is 0 Å². The first-order chi connectivity index (χ1) is 18.5. The Morgan fingerprint density at radius 2 is 0.789 bits per heavy atom. The highest BCUT2D eigenvalue weighted by atomic mass is 28.4. The van der Waals surface area contributed by atoms with E-state index in [2.05, 4.69) is 81.4 Å². The Morgan fingerprint density at radius 3 is 1.11 bits per heavy atom. The molecule has 2 rings (SSSR count). The maximum Gasteiger partial charge on any atom is 0.261 e. The van der Waals surface area contributed by atoms with Crippen LogP contribution in [0.1, 0.15) is 27.7 Å². The number of rotatable bonds is 22. The molecule has 0 aliphatic carbocycles. The van der Waals surface area contributed by atoms with E-state index in [1.165, 1.54) is 10.4 Å². The van der Waals surface area contributed by atoms with Gasteiger partial charge in [0.05, 0.1) is 79.3 Å². The van der Waals surface area contributed by atoms with Crippen LogP contribution in [0.2, 0.25) is 5.04 Å². The molecule has 0 atom stereocenters. The highest BCUT2D eigenvalue weighted by Gasteiger charge is 2.49. The first-order valence-corrected chi connectivity index (χ1v) is 15.6. The molecule has 0 heterocycles. The monoisotopic (exact) mass is 548 g/mol. The number of hydrogen-bond donors (Lipinski definition) is 0. The quantitative estimate of drug-likeness (QED) is 0.164. The molecule has 0 aliphatic rings. The molecule has 8 heteroatoms. The lowest BCUT2D eigenvalue weighted by atomic mass is 10.2. The van der Waals surface area contributed by atoms with Crippen LogP contribution in [-0.2, 0) is 32.8 Å². The summed E-state index contributed by atoms with van der Waals surface area (Å²) in [4.78, 5) is 0. The molecule has 0 radical (unpaired) electrons. The van der Waals surface area contributed by atoms with E-state index in [1.807, 2.05) is 6.92 Å². The molecule has 2 aromatic rings. The average molecular weight is 549 g/mol. The summed E-state index contributed by atoms with van der Waals surface area (Å²) in [5.41, 5.74) is 0. The lowest BCUT2D eigenvalue weighted by molar-refractivity contribution is -0.0174. The van der Waals surface area contributed by atoms with Gasteiger partial charge in [0.1, 0.15) is 0 Å². The summed E-state index contributed by atoms with van der Waals surface area (Å²) in [6.45, 7) is 16.1. The second kappa shape index (κ2) is 19.4. The van der Waals surface area contributed by atoms with Gasteiger partial charge >= 0.3 is 0 Å². The van der Waals surface area contributed by atoms with Crippen LogP contribution in [-0.4, -0.2) is 94.2 Å². The van der Waals surface area contributed by atoms with Crippen LogP contribution < -0.4 is 10.4 Å². The van der Waals surface area contributed by atoms with Gasteiger partial charge in [-0.05, 0) is 22.3 Å². The Bertz CT molecular complexity index is 775. The largest absolute Gasteiger partial charge is 0.405 e. The second-order valence-electron chi connectivity index (χ2n) is 9.77. The van der Waals surface area contributed by atoms with Crippen molar-refractivity contribution < 1.29 is 32.8 Å². The van der Waals surface area contributed by atoms with Crippen molar-refractivity contribution in [1.82, 2.24) is 0 Å². The first-order valence-electron chi connectivity index (χ1n) is 13.7. The fraction of sp³-hybridized carbons (Fsp3) is 0.600. The van der Waals surface area contributed by atoms with Gasteiger partial charge in [0.2, 0.25) is 0 Å². The van der Waals surface area contributed by atoms with E-state index in [0.717, 1.165) is 0 Å². The third kappa shape index (κ3) is 11.6. The maximum atomic E-state index is 6.82. The van der Waals surface area contributed by atoms with Crippen LogP contribution in [0.25, 0.3) is 0 Å². The van der Waals surface area contributed by atoms with Gasteiger partial charge < -0.3 is 32.8 Å². The molecule has 0 saturated heterocycles. The normalized spacial score (nSPS) is 12.2. The molecule has 0 aromatic heterocycles. The van der Waals surface area contributed by atoms with Gasteiger partial charge in [-0.3, -0.25) is 0 Å². The minimum Gasteiger partial charge on any atom is -0.405 e. The third-order valence-corrected chi connectivity index (χ3v) is 11.1. The molecule has 0 amide bonds. The molecular formula is C30H48O7Si. The first kappa shape index (κ1) is 32.6. The standard InChI is InChI=1S/C30H48O7Si/c1-5-31-16-17-32-18-19-33-20-21-34-22-23-35-24-25-36-26-27-37-38(30(2,3)4,28-12-8-6-9-13-28)29-14-10-7-11-15-29/h6-15H,5,16-27H2,1-4H3. The van der Waals surface area contributed by atoms with Crippen LogP contribution in [0, 0.1) is 0 Å². The molecule has 7 nitrogen and oxygen atoms in total. The molecule has 214 valence electrons. The number of benzene rings is 2. The van der Waals surface area contributed by atoms with Crippen molar-refractivity contribution in [2.45, 2.75) is 32.7 Å². The Balaban J connectivity index is 1.58. The van der Waals surface area contributed by atoms with Gasteiger partial charge in [-0.1, -0.05) is 81.4 Å². The van der Waals surface area contributed by atoms with Gasteiger partial charge in [-0.2, -0.15) is 0 Å². The van der Waals surface area contributed by atoms with Gasteiger partial charge in [-0.15, -0.1) is 0 Å². The highest BCUT2D eigenvalue weighted by molar-refractivity contribution is 6.99. The van der Waals surface area contributed by atoms with Crippen LogP contribution in [0.5, 0.6) is 0 Å². The third-order valence-electron chi connectivity index (χ3n) is 6.03. The Kier molecular flexibility index (Phi) is 16.7. The van der Waals surface area contributed by atoms with Gasteiger partial charge in [0.25, 0.3) is 8.32 Å². The van der Waals surface area contributed by atoms with E-state index in [4.69, 9.17) is 32.8 Å². The Labute approximate surface area is 230 Å². The maximum absolute atomic E-state index is 6.82. The summed E-state index contributed by atoms with van der Waals surface area (Å²) in [5.74, 6) is 0. The second-order valence-corrected chi connectivity index (χ2v) is 14.1. The summed E-state index contributed by atoms with van der Waals surface area (Å²) in [5, 5.41) is 2.51. The van der Waals surface area contributed by atoms with Gasteiger partial charge in [0, 0.05) is 6.61 Å². The summed E-state index contributed by atoms with van der Waals surface area (Å²) >= 11 is 0. The van der Waals surface area contributed by atoms with Crippen molar-refractivity contribution in [3.05, 3.63) is 60.7 Å². The molecule has 0 aliphatic heterocycles. The van der Waals surface area contributed by atoms with Crippen LogP contribution >= 0.6 is 0 Å². The number of hydrogen-bond acceptors (Lipinski definition) is 7. The number of ether oxygens (including phenoxy) is 6. The minimum absolute atomic E-state index is 0.0404. The molecule has 0 N–H and O–H groups in total. The molecule has 0 unspecified atom stereocenters. The zero-order chi connectivity index (χ0) is 27.4. The van der Waals surface area contributed by atoms with Gasteiger partial charge in [-0.25, -0.2) is 0 Å². The van der Waals surface area contributed by atoms with Crippen molar-refractivity contribution in [3.63, 3.8) is 0 Å². The zero-order valence-electron chi connectivity index (χ0n) is 23.8. The lowest BCUT2D eigenvalue weighted by Gasteiger charge is -2.43. The minimum atomic E-state index is -2.51. The molecular weight excluding hydrogens is 500 g/mol. The van der Waals surface area contributed by atoms with E-state index in [0.29, 0.717) is 85.9 Å². The fourth-order valence-corrected chi connectivity index (χ4v) is 8.80. The lowest BCUT2D eigenvalue weighted by Crippen LogP contribution is -2.66. The van der Waals surface area contributed by atoms with Crippen molar-refractivity contribution in [2.75, 3.05) is 85.9 Å². The van der Waals surface area contributed by atoms with Crippen molar-refractivity contribution >= 4 is 18.7 Å². The summed E-state index contributed by atoms with van der Waals surface area (Å²) < 4.78 is 39.8. The molecule has 0 spiro atoms. The summed E-state index contributed by atoms with van der Waals surface area (Å²) in [6, 6.07) is 21.3. The van der Waals surface area contributed by atoms with E-state index in [1.54, 1.807) is 0 Å². The SMILES string of the molecule is CCOCCOCCOCCOCCOCCOCCO[Si](c1ccccc1)(c1ccccc1)C(C)(C)C. The van der Waals surface area contributed by atoms with Gasteiger partial charge in [0.15, 0.2) is 0 Å². The van der Waals surface area contributed by atoms with E-state index in [-0.39, 0.29) is 5.04 Å². The van der Waals surface area contributed by atoms with Crippen LogP contribution in [0.3, 0.4) is 0 Å². The summed E-state index contributed by atoms with van der Waals surface area (Å²) in [6.07, 6.45) is 0. The topological polar surface area (TPSA) is 64.6 Å². The molecule has 0 bridgehead atoms. The predicted molar refractivity (Wildman–Crippen MR) is 154 cm³/mol. The average Bonchev–Trinajstić information content (AvgIpc) is 2.92. The zero-order valence-corrected chi connectivity index (χ0v) is 24.8. The molecule has 2 aromatic carbocycles. The Morgan fingerprint density at radius 1 is 0.474 bits per heavy atom. The summed E-state index contributed by atoms with van der Waals surface area (Å²) in [7, 11) is -2.51. The molecule has 0 fully saturated rings. The van der Waals surface area contributed by atoms with Crippen LogP contribution in [0.15, 0.2) is 60.7 Å². The van der Waals surface area contributed by atoms with Crippen molar-refractivity contribution in [3.8, 4) is 0 Å². The Hall–Kier alpha value is -1.62. The smallest absolute Gasteiger partial charge is 0.261 e. The van der Waals surface area contributed by atoms with Crippen molar-refractivity contribution in [2.24, 2.45) is 0 Å². The van der Waals surface area contributed by atoms with E-state index in [9.17, 15) is 0 Å². The van der Waals surface area contributed by atoms with Crippen LogP contribution in [0.4, 0.5) is 0 Å². The fourth-order valence-electron chi connectivity index (χ4n) is 4.26. The highest BCUT2D eigenvalue weighted by Crippen LogP contribution is 2.36. The van der Waals surface area contributed by atoms with Crippen molar-refractivity contribution in [1.29, 1.82) is 0 Å².